The Morgan fingerprint density at radius 3 is 2.76 bits per heavy atom. The van der Waals surface area contributed by atoms with Gasteiger partial charge < -0.3 is 15.8 Å². The van der Waals surface area contributed by atoms with E-state index in [9.17, 15) is 0 Å². The van der Waals surface area contributed by atoms with Gasteiger partial charge in [-0.15, -0.1) is 0 Å². The Morgan fingerprint density at radius 1 is 1.38 bits per heavy atom. The van der Waals surface area contributed by atoms with E-state index in [-0.39, 0.29) is 5.84 Å². The molecule has 21 heavy (non-hydrogen) atoms. The van der Waals surface area contributed by atoms with Crippen LogP contribution in [0.2, 0.25) is 0 Å². The largest absolute Gasteiger partial charge is 0.409 e. The van der Waals surface area contributed by atoms with Crippen LogP contribution in [0.1, 0.15) is 22.6 Å². The van der Waals surface area contributed by atoms with E-state index in [4.69, 9.17) is 10.9 Å². The average molecular weight is 285 g/mol. The Balaban J connectivity index is 2.42. The van der Waals surface area contributed by atoms with Gasteiger partial charge in [-0.2, -0.15) is 0 Å². The minimum atomic E-state index is 0.0582. The van der Waals surface area contributed by atoms with Gasteiger partial charge in [0.15, 0.2) is 5.84 Å². The summed E-state index contributed by atoms with van der Waals surface area (Å²) in [6.07, 6.45) is 1.76. The summed E-state index contributed by atoms with van der Waals surface area (Å²) in [5, 5.41) is 12.1. The number of anilines is 1. The van der Waals surface area contributed by atoms with Gasteiger partial charge in [0, 0.05) is 18.9 Å². The van der Waals surface area contributed by atoms with Crippen molar-refractivity contribution in [2.24, 2.45) is 10.9 Å². The monoisotopic (exact) mass is 285 g/mol. The SMILES string of the molecule is Cc1cc(N(C)Cc2ccccn2)c(/C(N)=N/O)c(C)n1. The fourth-order valence-corrected chi connectivity index (χ4v) is 2.30. The molecule has 0 spiro atoms. The van der Waals surface area contributed by atoms with Gasteiger partial charge in [-0.05, 0) is 32.0 Å². The van der Waals surface area contributed by atoms with Crippen LogP contribution >= 0.6 is 0 Å². The van der Waals surface area contributed by atoms with Crippen LogP contribution in [0.4, 0.5) is 5.69 Å². The molecule has 6 nitrogen and oxygen atoms in total. The topological polar surface area (TPSA) is 87.6 Å². The second-order valence-corrected chi connectivity index (χ2v) is 4.91. The first-order chi connectivity index (χ1) is 10.0. The molecule has 0 unspecified atom stereocenters. The Morgan fingerprint density at radius 2 is 2.14 bits per heavy atom. The van der Waals surface area contributed by atoms with E-state index in [1.165, 1.54) is 0 Å². The highest BCUT2D eigenvalue weighted by Crippen LogP contribution is 2.24. The molecule has 0 aliphatic carbocycles. The van der Waals surface area contributed by atoms with Gasteiger partial charge in [0.2, 0.25) is 0 Å². The predicted molar refractivity (Wildman–Crippen MR) is 82.6 cm³/mol. The number of pyridine rings is 2. The van der Waals surface area contributed by atoms with E-state index < -0.39 is 0 Å². The van der Waals surface area contributed by atoms with Gasteiger partial charge in [-0.1, -0.05) is 11.2 Å². The van der Waals surface area contributed by atoms with Gasteiger partial charge in [-0.3, -0.25) is 9.97 Å². The molecular formula is C15H19N5O. The molecule has 3 N–H and O–H groups in total. The first kappa shape index (κ1) is 14.8. The van der Waals surface area contributed by atoms with Crippen molar-refractivity contribution in [3.63, 3.8) is 0 Å². The van der Waals surface area contributed by atoms with Gasteiger partial charge in [0.05, 0.1) is 29.2 Å². The summed E-state index contributed by atoms with van der Waals surface area (Å²) in [6, 6.07) is 7.71. The molecular weight excluding hydrogens is 266 g/mol. The van der Waals surface area contributed by atoms with Gasteiger partial charge in [-0.25, -0.2) is 0 Å². The third kappa shape index (κ3) is 3.28. The lowest BCUT2D eigenvalue weighted by molar-refractivity contribution is 0.318. The maximum Gasteiger partial charge on any atom is 0.174 e. The number of aromatic nitrogens is 2. The van der Waals surface area contributed by atoms with Crippen molar-refractivity contribution in [1.82, 2.24) is 9.97 Å². The predicted octanol–water partition coefficient (Wildman–Crippen LogP) is 1.82. The summed E-state index contributed by atoms with van der Waals surface area (Å²) in [5.41, 5.74) is 9.85. The average Bonchev–Trinajstić information content (AvgIpc) is 2.46. The molecule has 0 amide bonds. The van der Waals surface area contributed by atoms with Crippen LogP contribution in [0.25, 0.3) is 0 Å². The van der Waals surface area contributed by atoms with Crippen molar-refractivity contribution in [1.29, 1.82) is 0 Å². The third-order valence-corrected chi connectivity index (χ3v) is 3.21. The van der Waals surface area contributed by atoms with Crippen molar-refractivity contribution in [2.45, 2.75) is 20.4 Å². The van der Waals surface area contributed by atoms with Gasteiger partial charge >= 0.3 is 0 Å². The fraction of sp³-hybridized carbons (Fsp3) is 0.267. The third-order valence-electron chi connectivity index (χ3n) is 3.21. The molecule has 110 valence electrons. The molecule has 0 atom stereocenters. The van der Waals surface area contributed by atoms with Crippen molar-refractivity contribution in [3.8, 4) is 0 Å². The van der Waals surface area contributed by atoms with E-state index in [0.717, 1.165) is 22.8 Å². The van der Waals surface area contributed by atoms with Crippen LogP contribution < -0.4 is 10.6 Å². The molecule has 2 aromatic heterocycles. The Bertz CT molecular complexity index is 655. The molecule has 0 aliphatic heterocycles. The summed E-state index contributed by atoms with van der Waals surface area (Å²) >= 11 is 0. The van der Waals surface area contributed by atoms with Crippen LogP contribution in [0, 0.1) is 13.8 Å². The van der Waals surface area contributed by atoms with Crippen molar-refractivity contribution >= 4 is 11.5 Å². The first-order valence-electron chi connectivity index (χ1n) is 6.60. The van der Waals surface area contributed by atoms with Crippen LogP contribution in [0.3, 0.4) is 0 Å². The molecule has 0 aliphatic rings. The quantitative estimate of drug-likeness (QED) is 0.387. The lowest BCUT2D eigenvalue weighted by atomic mass is 10.1. The van der Waals surface area contributed by atoms with Gasteiger partial charge in [0.25, 0.3) is 0 Å². The van der Waals surface area contributed by atoms with E-state index in [1.54, 1.807) is 6.20 Å². The Hall–Kier alpha value is -2.63. The molecule has 0 bridgehead atoms. The zero-order chi connectivity index (χ0) is 15.4. The number of oxime groups is 1. The summed E-state index contributed by atoms with van der Waals surface area (Å²) < 4.78 is 0. The van der Waals surface area contributed by atoms with Crippen molar-refractivity contribution in [2.75, 3.05) is 11.9 Å². The molecule has 0 aromatic carbocycles. The summed E-state index contributed by atoms with van der Waals surface area (Å²) in [4.78, 5) is 10.7. The number of aryl methyl sites for hydroxylation is 2. The molecule has 2 heterocycles. The summed E-state index contributed by atoms with van der Waals surface area (Å²) in [7, 11) is 1.94. The zero-order valence-electron chi connectivity index (χ0n) is 12.4. The van der Waals surface area contributed by atoms with E-state index in [0.29, 0.717) is 12.1 Å². The van der Waals surface area contributed by atoms with E-state index >= 15 is 0 Å². The van der Waals surface area contributed by atoms with Crippen molar-refractivity contribution < 1.29 is 5.21 Å². The summed E-state index contributed by atoms with van der Waals surface area (Å²) in [5.74, 6) is 0.0582. The maximum atomic E-state index is 8.98. The van der Waals surface area contributed by atoms with Crippen LogP contribution in [-0.2, 0) is 6.54 Å². The number of nitrogens with zero attached hydrogens (tertiary/aromatic N) is 4. The normalized spacial score (nSPS) is 11.5. The minimum absolute atomic E-state index is 0.0582. The lowest BCUT2D eigenvalue weighted by Crippen LogP contribution is -2.24. The molecule has 2 aromatic rings. The Labute approximate surface area is 123 Å². The second-order valence-electron chi connectivity index (χ2n) is 4.91. The standard InChI is InChI=1S/C15H19N5O/c1-10-8-13(14(11(2)18-10)15(16)19-21)20(3)9-12-6-4-5-7-17-12/h4-8,21H,9H2,1-3H3,(H2,16,19). The highest BCUT2D eigenvalue weighted by Gasteiger charge is 2.16. The Kier molecular flexibility index (Phi) is 4.37. The molecule has 2 rings (SSSR count). The molecule has 0 saturated carbocycles. The van der Waals surface area contributed by atoms with E-state index in [2.05, 4.69) is 15.1 Å². The second kappa shape index (κ2) is 6.21. The number of hydrogen-bond acceptors (Lipinski definition) is 5. The maximum absolute atomic E-state index is 8.98. The number of amidine groups is 1. The van der Waals surface area contributed by atoms with Gasteiger partial charge in [0.1, 0.15) is 0 Å². The number of rotatable bonds is 4. The molecule has 0 saturated heterocycles. The fourth-order valence-electron chi connectivity index (χ4n) is 2.30. The lowest BCUT2D eigenvalue weighted by Gasteiger charge is -2.23. The minimum Gasteiger partial charge on any atom is -0.409 e. The number of nitrogens with two attached hydrogens (primary N) is 1. The molecule has 0 radical (unpaired) electrons. The number of hydrogen-bond donors (Lipinski definition) is 2. The highest BCUT2D eigenvalue weighted by atomic mass is 16.4. The van der Waals surface area contributed by atoms with E-state index in [1.807, 2.05) is 50.1 Å². The molecule has 6 heteroatoms. The summed E-state index contributed by atoms with van der Waals surface area (Å²) in [6.45, 7) is 4.38. The molecule has 0 fully saturated rings. The van der Waals surface area contributed by atoms with Crippen molar-refractivity contribution in [3.05, 3.63) is 53.1 Å². The smallest absolute Gasteiger partial charge is 0.174 e. The highest BCUT2D eigenvalue weighted by molar-refractivity contribution is 6.03. The first-order valence-corrected chi connectivity index (χ1v) is 6.60. The zero-order valence-corrected chi connectivity index (χ0v) is 12.4. The van der Waals surface area contributed by atoms with Crippen LogP contribution in [0.15, 0.2) is 35.6 Å². The van der Waals surface area contributed by atoms with Crippen LogP contribution in [0.5, 0.6) is 0 Å². The van der Waals surface area contributed by atoms with Crippen LogP contribution in [-0.4, -0.2) is 28.1 Å².